The summed E-state index contributed by atoms with van der Waals surface area (Å²) in [6, 6.07) is 1.38. The van der Waals surface area contributed by atoms with Gasteiger partial charge >= 0.3 is 0 Å². The maximum Gasteiger partial charge on any atom is 0.244 e. The first-order valence-electron chi connectivity index (χ1n) is 6.44. The molecule has 1 aromatic rings. The van der Waals surface area contributed by atoms with Gasteiger partial charge in [-0.15, -0.1) is 0 Å². The largest absolute Gasteiger partial charge is 0.495 e. The summed E-state index contributed by atoms with van der Waals surface area (Å²) in [5, 5.41) is 0. The molecule has 1 atom stereocenters. The van der Waals surface area contributed by atoms with Gasteiger partial charge in [0.05, 0.1) is 24.8 Å². The van der Waals surface area contributed by atoms with Crippen LogP contribution in [-0.2, 0) is 19.9 Å². The Morgan fingerprint density at radius 1 is 1.38 bits per heavy atom. The van der Waals surface area contributed by atoms with Crippen molar-refractivity contribution in [3.63, 3.8) is 0 Å². The van der Waals surface area contributed by atoms with E-state index in [2.05, 4.69) is 4.98 Å². The van der Waals surface area contributed by atoms with Gasteiger partial charge in [-0.3, -0.25) is 4.98 Å². The third-order valence-electron chi connectivity index (χ3n) is 3.27. The molecule has 0 aromatic carbocycles. The minimum atomic E-state index is -3.77. The number of hydrogen-bond donors (Lipinski definition) is 0. The van der Waals surface area contributed by atoms with Gasteiger partial charge in [-0.1, -0.05) is 6.92 Å². The summed E-state index contributed by atoms with van der Waals surface area (Å²) in [4.78, 5) is 3.85. The van der Waals surface area contributed by atoms with Crippen LogP contribution >= 0.6 is 0 Å². The van der Waals surface area contributed by atoms with E-state index in [1.807, 2.05) is 0 Å². The van der Waals surface area contributed by atoms with Crippen molar-refractivity contribution in [1.29, 1.82) is 0 Å². The van der Waals surface area contributed by atoms with Crippen molar-refractivity contribution in [1.82, 2.24) is 9.29 Å². The van der Waals surface area contributed by atoms with E-state index in [4.69, 9.17) is 4.74 Å². The van der Waals surface area contributed by atoms with Gasteiger partial charge in [0.2, 0.25) is 10.0 Å². The topological polar surface area (TPSA) is 93.6 Å². The van der Waals surface area contributed by atoms with Crippen molar-refractivity contribution in [3.05, 3.63) is 18.5 Å². The van der Waals surface area contributed by atoms with Crippen LogP contribution in [0.3, 0.4) is 0 Å². The van der Waals surface area contributed by atoms with Crippen molar-refractivity contribution in [3.8, 4) is 5.75 Å². The number of pyridine rings is 1. The molecule has 0 bridgehead atoms. The van der Waals surface area contributed by atoms with E-state index in [1.54, 1.807) is 6.92 Å². The highest BCUT2D eigenvalue weighted by molar-refractivity contribution is 7.91. The predicted octanol–water partition coefficient (Wildman–Crippen LogP) is 0.145. The lowest BCUT2D eigenvalue weighted by Gasteiger charge is -2.21. The number of sulfonamides is 1. The molecule has 1 aliphatic rings. The number of aromatic nitrogens is 1. The second kappa shape index (κ2) is 5.90. The van der Waals surface area contributed by atoms with E-state index in [1.165, 1.54) is 29.9 Å². The average Bonchev–Trinajstić information content (AvgIpc) is 2.56. The van der Waals surface area contributed by atoms with E-state index in [-0.39, 0.29) is 35.4 Å². The fourth-order valence-corrected chi connectivity index (χ4v) is 5.56. The molecule has 1 fully saturated rings. The predicted molar refractivity (Wildman–Crippen MR) is 77.4 cm³/mol. The normalized spacial score (nSPS) is 23.4. The Morgan fingerprint density at radius 2 is 2.10 bits per heavy atom. The summed E-state index contributed by atoms with van der Waals surface area (Å²) in [5.41, 5.74) is 0. The van der Waals surface area contributed by atoms with E-state index < -0.39 is 19.9 Å². The van der Waals surface area contributed by atoms with Crippen LogP contribution in [0.25, 0.3) is 0 Å². The van der Waals surface area contributed by atoms with Crippen LogP contribution in [0, 0.1) is 5.92 Å². The molecular formula is C12H18N2O5S2. The Morgan fingerprint density at radius 3 is 2.76 bits per heavy atom. The van der Waals surface area contributed by atoms with Crippen molar-refractivity contribution in [2.24, 2.45) is 5.92 Å². The molecule has 7 nitrogen and oxygen atoms in total. The molecule has 1 unspecified atom stereocenters. The fraction of sp³-hybridized carbons (Fsp3) is 0.583. The number of nitrogens with zero attached hydrogens (tertiary/aromatic N) is 2. The van der Waals surface area contributed by atoms with E-state index in [0.29, 0.717) is 5.75 Å². The number of hydrogen-bond acceptors (Lipinski definition) is 6. The second-order valence-electron chi connectivity index (χ2n) is 5.14. The molecule has 0 radical (unpaired) electrons. The Labute approximate surface area is 124 Å². The highest BCUT2D eigenvalue weighted by Crippen LogP contribution is 2.22. The Bertz CT molecular complexity index is 715. The summed E-state index contributed by atoms with van der Waals surface area (Å²) in [6.07, 6.45) is 2.65. The summed E-state index contributed by atoms with van der Waals surface area (Å²) in [5.74, 6) is -0.0546. The molecule has 118 valence electrons. The Hall–Kier alpha value is -1.19. The van der Waals surface area contributed by atoms with Crippen LogP contribution in [0.5, 0.6) is 5.75 Å². The summed E-state index contributed by atoms with van der Waals surface area (Å²) in [6.45, 7) is 1.88. The minimum absolute atomic E-state index is 0.00773. The quantitative estimate of drug-likeness (QED) is 0.781. The SMILES string of the molecule is COc1cncc(S(=O)(=O)N2CCS(=O)(=O)CC(C)C2)c1. The van der Waals surface area contributed by atoms with Gasteiger partial charge in [0, 0.05) is 25.4 Å². The average molecular weight is 334 g/mol. The van der Waals surface area contributed by atoms with Gasteiger partial charge in [-0.2, -0.15) is 4.31 Å². The zero-order valence-electron chi connectivity index (χ0n) is 11.9. The third-order valence-corrected chi connectivity index (χ3v) is 6.98. The molecule has 2 heterocycles. The maximum absolute atomic E-state index is 12.6. The van der Waals surface area contributed by atoms with Crippen LogP contribution in [0.1, 0.15) is 6.92 Å². The second-order valence-corrected chi connectivity index (χ2v) is 9.31. The zero-order chi connectivity index (χ0) is 15.7. The summed E-state index contributed by atoms with van der Waals surface area (Å²) >= 11 is 0. The first-order valence-corrected chi connectivity index (χ1v) is 9.70. The van der Waals surface area contributed by atoms with Crippen molar-refractivity contribution in [2.75, 3.05) is 31.7 Å². The molecule has 0 amide bonds. The molecular weight excluding hydrogens is 316 g/mol. The van der Waals surface area contributed by atoms with E-state index in [0.717, 1.165) is 0 Å². The first-order chi connectivity index (χ1) is 9.74. The number of rotatable bonds is 3. The Balaban J connectivity index is 2.34. The maximum atomic E-state index is 12.6. The first kappa shape index (κ1) is 16.2. The van der Waals surface area contributed by atoms with Gasteiger partial charge in [-0.05, 0) is 5.92 Å². The lowest BCUT2D eigenvalue weighted by atomic mass is 10.2. The molecule has 1 saturated heterocycles. The van der Waals surface area contributed by atoms with Gasteiger partial charge in [0.25, 0.3) is 0 Å². The number of methoxy groups -OCH3 is 1. The molecule has 9 heteroatoms. The minimum Gasteiger partial charge on any atom is -0.495 e. The highest BCUT2D eigenvalue weighted by Gasteiger charge is 2.32. The van der Waals surface area contributed by atoms with E-state index in [9.17, 15) is 16.8 Å². The van der Waals surface area contributed by atoms with Crippen LogP contribution in [0.15, 0.2) is 23.4 Å². The van der Waals surface area contributed by atoms with E-state index >= 15 is 0 Å². The molecule has 0 saturated carbocycles. The molecule has 0 aliphatic carbocycles. The number of sulfone groups is 1. The molecule has 2 rings (SSSR count). The fourth-order valence-electron chi connectivity index (χ4n) is 2.27. The van der Waals surface area contributed by atoms with Crippen LogP contribution in [-0.4, -0.2) is 57.8 Å². The molecule has 0 N–H and O–H groups in total. The van der Waals surface area contributed by atoms with Crippen LogP contribution < -0.4 is 4.74 Å². The monoisotopic (exact) mass is 334 g/mol. The Kier molecular flexibility index (Phi) is 4.54. The standard InChI is InChI=1S/C12H18N2O5S2/c1-10-8-14(3-4-20(15,16)9-10)21(17,18)12-5-11(19-2)6-13-7-12/h5-7,10H,3-4,8-9H2,1-2H3. The van der Waals surface area contributed by atoms with Crippen molar-refractivity contribution < 1.29 is 21.6 Å². The van der Waals surface area contributed by atoms with Gasteiger partial charge in [-0.25, -0.2) is 16.8 Å². The number of ether oxygens (including phenoxy) is 1. The highest BCUT2D eigenvalue weighted by atomic mass is 32.2. The van der Waals surface area contributed by atoms with Gasteiger partial charge < -0.3 is 4.74 Å². The van der Waals surface area contributed by atoms with Crippen LogP contribution in [0.2, 0.25) is 0 Å². The van der Waals surface area contributed by atoms with Gasteiger partial charge in [0.1, 0.15) is 10.6 Å². The van der Waals surface area contributed by atoms with Crippen LogP contribution in [0.4, 0.5) is 0 Å². The summed E-state index contributed by atoms with van der Waals surface area (Å²) in [7, 11) is -5.55. The molecule has 1 aromatic heterocycles. The molecule has 0 spiro atoms. The third kappa shape index (κ3) is 3.72. The zero-order valence-corrected chi connectivity index (χ0v) is 13.5. The van der Waals surface area contributed by atoms with Crippen molar-refractivity contribution in [2.45, 2.75) is 11.8 Å². The molecule has 21 heavy (non-hydrogen) atoms. The summed E-state index contributed by atoms with van der Waals surface area (Å²) < 4.78 is 54.9. The van der Waals surface area contributed by atoms with Crippen molar-refractivity contribution >= 4 is 19.9 Å². The molecule has 1 aliphatic heterocycles. The van der Waals surface area contributed by atoms with Gasteiger partial charge in [0.15, 0.2) is 9.84 Å². The lowest BCUT2D eigenvalue weighted by Crippen LogP contribution is -2.35. The smallest absolute Gasteiger partial charge is 0.244 e. The lowest BCUT2D eigenvalue weighted by molar-refractivity contribution is 0.389.